The fraction of sp³-hybridized carbons (Fsp3) is 0.486. The van der Waals surface area contributed by atoms with Crippen LogP contribution in [0.25, 0.3) is 0 Å². The molecule has 0 heterocycles. The van der Waals surface area contributed by atoms with Gasteiger partial charge < -0.3 is 9.84 Å². The number of carbonyl (C=O) groups excluding carboxylic acids is 1. The molecule has 4 atom stereocenters. The first kappa shape index (κ1) is 32.6. The maximum atomic E-state index is 13.8. The minimum absolute atomic E-state index is 0.120. The summed E-state index contributed by atoms with van der Waals surface area (Å²) >= 11 is 0. The first-order valence-corrected chi connectivity index (χ1v) is 15.3. The number of aliphatic hydroxyl groups excluding tert-OH is 1. The molecule has 4 heteroatoms. The molecule has 4 nitrogen and oxygen atoms in total. The van der Waals surface area contributed by atoms with Crippen molar-refractivity contribution in [1.82, 2.24) is 4.90 Å². The zero-order chi connectivity index (χ0) is 30.1. The molecule has 0 radical (unpaired) electrons. The molecule has 222 valence electrons. The predicted octanol–water partition coefficient (Wildman–Crippen LogP) is 8.42. The quantitative estimate of drug-likeness (QED) is 0.202. The molecule has 0 aromatic heterocycles. The number of hydrogen-bond donors (Lipinski definition) is 1. The van der Waals surface area contributed by atoms with Gasteiger partial charge in [0.25, 0.3) is 0 Å². The summed E-state index contributed by atoms with van der Waals surface area (Å²) in [4.78, 5) is 16.2. The van der Waals surface area contributed by atoms with Crippen LogP contribution in [0.5, 0.6) is 0 Å². The lowest BCUT2D eigenvalue weighted by atomic mass is 9.91. The van der Waals surface area contributed by atoms with Gasteiger partial charge in [-0.3, -0.25) is 9.69 Å². The third-order valence-corrected chi connectivity index (χ3v) is 8.46. The van der Waals surface area contributed by atoms with Crippen LogP contribution in [0.2, 0.25) is 0 Å². The van der Waals surface area contributed by atoms with E-state index in [9.17, 15) is 9.90 Å². The highest BCUT2D eigenvalue weighted by molar-refractivity contribution is 5.73. The molecule has 3 rings (SSSR count). The molecule has 0 aliphatic carbocycles. The normalized spacial score (nSPS) is 14.6. The molecular weight excluding hydrogens is 506 g/mol. The molecule has 3 aromatic carbocycles. The Labute approximate surface area is 248 Å². The topological polar surface area (TPSA) is 49.8 Å². The van der Waals surface area contributed by atoms with E-state index in [2.05, 4.69) is 89.8 Å². The van der Waals surface area contributed by atoms with Crippen LogP contribution in [0.15, 0.2) is 66.7 Å². The van der Waals surface area contributed by atoms with Crippen LogP contribution in [0, 0.1) is 39.5 Å². The van der Waals surface area contributed by atoms with Gasteiger partial charge in [0.2, 0.25) is 0 Å². The lowest BCUT2D eigenvalue weighted by molar-refractivity contribution is -0.163. The number of aryl methyl sites for hydroxylation is 4. The Kier molecular flexibility index (Phi) is 12.2. The maximum Gasteiger partial charge on any atom is 0.312 e. The maximum absolute atomic E-state index is 13.8. The minimum Gasteiger partial charge on any atom is -0.456 e. The first-order chi connectivity index (χ1) is 19.5. The van der Waals surface area contributed by atoms with Gasteiger partial charge >= 0.3 is 5.97 Å². The van der Waals surface area contributed by atoms with E-state index >= 15 is 0 Å². The molecule has 3 aromatic rings. The summed E-state index contributed by atoms with van der Waals surface area (Å²) in [6, 6.07) is 23.0. The van der Waals surface area contributed by atoms with Gasteiger partial charge in [-0.2, -0.15) is 0 Å². The summed E-state index contributed by atoms with van der Waals surface area (Å²) < 4.78 is 6.44. The van der Waals surface area contributed by atoms with Crippen molar-refractivity contribution < 1.29 is 14.6 Å². The number of hydrogen-bond acceptors (Lipinski definition) is 4. The fourth-order valence-electron chi connectivity index (χ4n) is 5.77. The highest BCUT2D eigenvalue weighted by Gasteiger charge is 2.34. The molecule has 0 fully saturated rings. The van der Waals surface area contributed by atoms with Gasteiger partial charge in [0, 0.05) is 19.1 Å². The van der Waals surface area contributed by atoms with Crippen molar-refractivity contribution >= 4 is 5.97 Å². The number of nitrogens with zero attached hydrogens (tertiary/aromatic N) is 1. The molecule has 41 heavy (non-hydrogen) atoms. The van der Waals surface area contributed by atoms with Crippen molar-refractivity contribution in [2.75, 3.05) is 0 Å². The summed E-state index contributed by atoms with van der Waals surface area (Å²) in [5.74, 6) is -0.393. The van der Waals surface area contributed by atoms with Crippen LogP contribution in [-0.2, 0) is 22.6 Å². The molecule has 0 bridgehead atoms. The molecule has 1 N–H and O–H groups in total. The van der Waals surface area contributed by atoms with Gasteiger partial charge in [-0.25, -0.2) is 0 Å². The first-order valence-electron chi connectivity index (χ1n) is 15.3. The Morgan fingerprint density at radius 1 is 0.829 bits per heavy atom. The lowest BCUT2D eigenvalue weighted by Crippen LogP contribution is -2.40. The molecule has 0 spiro atoms. The van der Waals surface area contributed by atoms with E-state index in [4.69, 9.17) is 4.74 Å². The van der Waals surface area contributed by atoms with E-state index in [-0.39, 0.29) is 12.0 Å². The molecule has 0 aliphatic heterocycles. The van der Waals surface area contributed by atoms with E-state index in [1.807, 2.05) is 37.3 Å². The summed E-state index contributed by atoms with van der Waals surface area (Å²) in [7, 11) is 0. The largest absolute Gasteiger partial charge is 0.456 e. The average Bonchev–Trinajstić information content (AvgIpc) is 2.93. The molecule has 0 saturated heterocycles. The van der Waals surface area contributed by atoms with Crippen molar-refractivity contribution in [2.24, 2.45) is 11.8 Å². The number of rotatable bonds is 14. The second kappa shape index (κ2) is 15.3. The van der Waals surface area contributed by atoms with E-state index in [0.717, 1.165) is 25.1 Å². The van der Waals surface area contributed by atoms with Crippen LogP contribution in [-0.4, -0.2) is 28.1 Å². The van der Waals surface area contributed by atoms with E-state index in [0.29, 0.717) is 18.8 Å². The Bertz CT molecular complexity index is 1230. The summed E-state index contributed by atoms with van der Waals surface area (Å²) in [6.07, 6.45) is 0.817. The molecule has 0 aliphatic rings. The van der Waals surface area contributed by atoms with E-state index in [1.165, 1.54) is 33.4 Å². The van der Waals surface area contributed by atoms with Crippen molar-refractivity contribution in [1.29, 1.82) is 0 Å². The van der Waals surface area contributed by atoms with Crippen LogP contribution in [0.3, 0.4) is 0 Å². The third kappa shape index (κ3) is 9.02. The number of aliphatic hydroxyl groups is 1. The van der Waals surface area contributed by atoms with Crippen molar-refractivity contribution in [3.05, 3.63) is 106 Å². The van der Waals surface area contributed by atoms with Gasteiger partial charge in [-0.05, 0) is 86.8 Å². The molecule has 0 amide bonds. The molecular formula is C37H51NO3. The van der Waals surface area contributed by atoms with Gasteiger partial charge in [0.1, 0.15) is 6.10 Å². The van der Waals surface area contributed by atoms with Gasteiger partial charge in [0.15, 0.2) is 0 Å². The summed E-state index contributed by atoms with van der Waals surface area (Å²) in [5, 5.41) is 10.8. The van der Waals surface area contributed by atoms with E-state index < -0.39 is 18.1 Å². The van der Waals surface area contributed by atoms with Crippen LogP contribution >= 0.6 is 0 Å². The Morgan fingerprint density at radius 3 is 2.02 bits per heavy atom. The monoisotopic (exact) mass is 557 g/mol. The predicted molar refractivity (Wildman–Crippen MR) is 170 cm³/mol. The third-order valence-electron chi connectivity index (χ3n) is 8.46. The van der Waals surface area contributed by atoms with Crippen molar-refractivity contribution in [3.63, 3.8) is 0 Å². The molecule has 0 saturated carbocycles. The fourth-order valence-corrected chi connectivity index (χ4v) is 5.77. The summed E-state index contributed by atoms with van der Waals surface area (Å²) in [6.45, 7) is 18.5. The highest BCUT2D eigenvalue weighted by Crippen LogP contribution is 2.32. The second-order valence-corrected chi connectivity index (χ2v) is 12.3. The zero-order valence-corrected chi connectivity index (χ0v) is 26.5. The number of ether oxygens (including phenoxy) is 1. The van der Waals surface area contributed by atoms with Crippen LogP contribution < -0.4 is 0 Å². The zero-order valence-electron chi connectivity index (χ0n) is 26.5. The number of benzene rings is 3. The smallest absolute Gasteiger partial charge is 0.312 e. The standard InChI is InChI=1S/C37H51NO3/c1-9-35(39)33(20-19-25(2)3)37(40)41-36(31-16-11-10-12-17-31)30(8)38(23-32-18-14-13-15-27(32)5)24-34-28(6)21-26(4)22-29(34)7/h10-18,21-22,25,30,33,35-36,39H,9,19-20,23-24H2,1-8H3/t30-,33-,35-,36-/m0/s1. The Morgan fingerprint density at radius 2 is 1.44 bits per heavy atom. The SMILES string of the molecule is CC[C@H](O)[C@H](CCC(C)C)C(=O)O[C@H](c1ccccc1)[C@H](C)N(Cc1ccccc1C)Cc1c(C)cc(C)cc1C. The second-order valence-electron chi connectivity index (χ2n) is 12.3. The Hall–Kier alpha value is -2.95. The molecule has 0 unspecified atom stereocenters. The number of carbonyl (C=O) groups is 1. The van der Waals surface area contributed by atoms with E-state index in [1.54, 1.807) is 0 Å². The number of esters is 1. The lowest BCUT2D eigenvalue weighted by Gasteiger charge is -2.36. The van der Waals surface area contributed by atoms with Gasteiger partial charge in [-0.1, -0.05) is 99.5 Å². The van der Waals surface area contributed by atoms with Crippen LogP contribution in [0.1, 0.15) is 92.0 Å². The van der Waals surface area contributed by atoms with Crippen molar-refractivity contribution in [2.45, 2.75) is 106 Å². The highest BCUT2D eigenvalue weighted by atomic mass is 16.5. The minimum atomic E-state index is -0.714. The van der Waals surface area contributed by atoms with Crippen LogP contribution in [0.4, 0.5) is 0 Å². The Balaban J connectivity index is 2.02. The van der Waals surface area contributed by atoms with Crippen molar-refractivity contribution in [3.8, 4) is 0 Å². The average molecular weight is 558 g/mol. The van der Waals surface area contributed by atoms with Gasteiger partial charge in [-0.15, -0.1) is 0 Å². The van der Waals surface area contributed by atoms with Gasteiger partial charge in [0.05, 0.1) is 12.0 Å². The summed E-state index contributed by atoms with van der Waals surface area (Å²) in [5.41, 5.74) is 8.60.